The topological polar surface area (TPSA) is 40.6 Å². The van der Waals surface area contributed by atoms with Crippen molar-refractivity contribution in [1.29, 1.82) is 0 Å². The summed E-state index contributed by atoms with van der Waals surface area (Å²) in [5.41, 5.74) is 2.59. The van der Waals surface area contributed by atoms with Crippen LogP contribution >= 0.6 is 0 Å². The molecule has 1 heterocycles. The van der Waals surface area contributed by atoms with E-state index in [1.54, 1.807) is 0 Å². The Hall–Kier alpha value is -2.88. The van der Waals surface area contributed by atoms with Crippen LogP contribution in [0, 0.1) is 0 Å². The van der Waals surface area contributed by atoms with Gasteiger partial charge in [-0.3, -0.25) is 14.5 Å². The minimum Gasteiger partial charge on any atom is -0.339 e. The van der Waals surface area contributed by atoms with E-state index in [2.05, 4.69) is 6.92 Å². The van der Waals surface area contributed by atoms with Crippen LogP contribution in [0.5, 0.6) is 0 Å². The van der Waals surface area contributed by atoms with Gasteiger partial charge in [0.2, 0.25) is 0 Å². The van der Waals surface area contributed by atoms with E-state index in [-0.39, 0.29) is 11.8 Å². The number of rotatable bonds is 7. The van der Waals surface area contributed by atoms with Gasteiger partial charge in [0.15, 0.2) is 0 Å². The number of anilines is 1. The van der Waals surface area contributed by atoms with E-state index in [1.165, 1.54) is 4.90 Å². The summed E-state index contributed by atoms with van der Waals surface area (Å²) in [6.45, 7) is 2.57. The molecule has 26 heavy (non-hydrogen) atoms. The SMILES string of the molecule is CCCCCN1C(=O)C(c2ccccc2)=C(N(C)c2ccccc2)C1=O. The van der Waals surface area contributed by atoms with Crippen molar-refractivity contribution in [3.63, 3.8) is 0 Å². The molecule has 0 saturated carbocycles. The van der Waals surface area contributed by atoms with Crippen LogP contribution in [-0.4, -0.2) is 30.3 Å². The van der Waals surface area contributed by atoms with Gasteiger partial charge in [0.25, 0.3) is 11.8 Å². The molecule has 0 radical (unpaired) electrons. The lowest BCUT2D eigenvalue weighted by atomic mass is 10.0. The number of para-hydroxylation sites is 1. The third kappa shape index (κ3) is 3.40. The maximum atomic E-state index is 13.1. The lowest BCUT2D eigenvalue weighted by Gasteiger charge is -2.21. The molecule has 134 valence electrons. The lowest BCUT2D eigenvalue weighted by molar-refractivity contribution is -0.136. The minimum absolute atomic E-state index is 0.199. The Labute approximate surface area is 154 Å². The second-order valence-corrected chi connectivity index (χ2v) is 6.45. The van der Waals surface area contributed by atoms with Gasteiger partial charge in [-0.2, -0.15) is 0 Å². The summed E-state index contributed by atoms with van der Waals surface area (Å²) in [6, 6.07) is 19.1. The van der Waals surface area contributed by atoms with Gasteiger partial charge in [0.1, 0.15) is 5.70 Å². The first-order valence-corrected chi connectivity index (χ1v) is 9.09. The number of benzene rings is 2. The summed E-state index contributed by atoms with van der Waals surface area (Å²) < 4.78 is 0. The van der Waals surface area contributed by atoms with Crippen LogP contribution in [0.4, 0.5) is 5.69 Å². The van der Waals surface area contributed by atoms with E-state index in [0.717, 1.165) is 30.5 Å². The zero-order valence-corrected chi connectivity index (χ0v) is 15.3. The summed E-state index contributed by atoms with van der Waals surface area (Å²) in [4.78, 5) is 29.4. The van der Waals surface area contributed by atoms with Crippen molar-refractivity contribution in [3.8, 4) is 0 Å². The monoisotopic (exact) mass is 348 g/mol. The van der Waals surface area contributed by atoms with Gasteiger partial charge >= 0.3 is 0 Å². The number of likely N-dealkylation sites (N-methyl/N-ethyl adjacent to an activating group) is 1. The van der Waals surface area contributed by atoms with Crippen molar-refractivity contribution < 1.29 is 9.59 Å². The highest BCUT2D eigenvalue weighted by Crippen LogP contribution is 2.33. The fourth-order valence-corrected chi connectivity index (χ4v) is 3.24. The first-order valence-electron chi connectivity index (χ1n) is 9.09. The van der Waals surface area contributed by atoms with Crippen molar-refractivity contribution in [2.75, 3.05) is 18.5 Å². The third-order valence-electron chi connectivity index (χ3n) is 4.67. The third-order valence-corrected chi connectivity index (χ3v) is 4.67. The number of imide groups is 1. The van der Waals surface area contributed by atoms with Gasteiger partial charge in [-0.1, -0.05) is 68.3 Å². The Kier molecular flexibility index (Phi) is 5.52. The largest absolute Gasteiger partial charge is 0.339 e. The Balaban J connectivity index is 2.03. The predicted molar refractivity (Wildman–Crippen MR) is 104 cm³/mol. The van der Waals surface area contributed by atoms with E-state index >= 15 is 0 Å². The van der Waals surface area contributed by atoms with Crippen LogP contribution in [0.2, 0.25) is 0 Å². The highest BCUT2D eigenvalue weighted by molar-refractivity contribution is 6.36. The molecule has 0 N–H and O–H groups in total. The number of hydrogen-bond donors (Lipinski definition) is 0. The van der Waals surface area contributed by atoms with Crippen LogP contribution in [0.25, 0.3) is 5.57 Å². The molecular weight excluding hydrogens is 324 g/mol. The first kappa shape index (κ1) is 17.9. The van der Waals surface area contributed by atoms with Crippen LogP contribution < -0.4 is 4.90 Å². The Morgan fingerprint density at radius 2 is 1.46 bits per heavy atom. The molecule has 2 aromatic rings. The number of carbonyl (C=O) groups is 2. The molecule has 0 bridgehead atoms. The Morgan fingerprint density at radius 3 is 2.08 bits per heavy atom. The average Bonchev–Trinajstić information content (AvgIpc) is 2.93. The van der Waals surface area contributed by atoms with Crippen LogP contribution in [0.15, 0.2) is 66.4 Å². The molecule has 3 rings (SSSR count). The van der Waals surface area contributed by atoms with Crippen LogP contribution in [0.3, 0.4) is 0 Å². The molecule has 0 fully saturated rings. The Morgan fingerprint density at radius 1 is 0.846 bits per heavy atom. The molecule has 1 aliphatic rings. The van der Waals surface area contributed by atoms with Crippen molar-refractivity contribution >= 4 is 23.1 Å². The quantitative estimate of drug-likeness (QED) is 0.559. The average molecular weight is 348 g/mol. The molecule has 0 saturated heterocycles. The molecule has 0 atom stereocenters. The molecule has 0 spiro atoms. The molecule has 4 nitrogen and oxygen atoms in total. The second kappa shape index (κ2) is 8.00. The molecular formula is C22H24N2O2. The number of amides is 2. The molecule has 0 unspecified atom stereocenters. The molecule has 2 aromatic carbocycles. The van der Waals surface area contributed by atoms with Crippen molar-refractivity contribution in [3.05, 3.63) is 71.9 Å². The van der Waals surface area contributed by atoms with Gasteiger partial charge in [0.05, 0.1) is 5.57 Å². The highest BCUT2D eigenvalue weighted by Gasteiger charge is 2.40. The maximum absolute atomic E-state index is 13.1. The van der Waals surface area contributed by atoms with E-state index in [1.807, 2.05) is 72.6 Å². The number of hydrogen-bond acceptors (Lipinski definition) is 3. The summed E-state index contributed by atoms with van der Waals surface area (Å²) >= 11 is 0. The number of carbonyl (C=O) groups excluding carboxylic acids is 2. The van der Waals surface area contributed by atoms with Gasteiger partial charge in [-0.15, -0.1) is 0 Å². The summed E-state index contributed by atoms with van der Waals surface area (Å²) in [6.07, 6.45) is 2.88. The maximum Gasteiger partial charge on any atom is 0.278 e. The number of unbranched alkanes of at least 4 members (excludes halogenated alkanes) is 2. The molecule has 4 heteroatoms. The fourth-order valence-electron chi connectivity index (χ4n) is 3.24. The van der Waals surface area contributed by atoms with E-state index in [9.17, 15) is 9.59 Å². The summed E-state index contributed by atoms with van der Waals surface area (Å²) in [5, 5.41) is 0. The standard InChI is InChI=1S/C22H24N2O2/c1-3-4-11-16-24-21(25)19(17-12-7-5-8-13-17)20(22(24)26)23(2)18-14-9-6-10-15-18/h5-10,12-15H,3-4,11,16H2,1-2H3. The van der Waals surface area contributed by atoms with E-state index in [0.29, 0.717) is 17.8 Å². The van der Waals surface area contributed by atoms with Gasteiger partial charge < -0.3 is 4.90 Å². The first-order chi connectivity index (χ1) is 12.6. The molecule has 0 aromatic heterocycles. The van der Waals surface area contributed by atoms with Crippen molar-refractivity contribution in [2.45, 2.75) is 26.2 Å². The highest BCUT2D eigenvalue weighted by atomic mass is 16.2. The minimum atomic E-state index is -0.212. The molecule has 1 aliphatic heterocycles. The predicted octanol–water partition coefficient (Wildman–Crippen LogP) is 4.09. The fraction of sp³-hybridized carbons (Fsp3) is 0.273. The Bertz CT molecular complexity index is 813. The zero-order valence-electron chi connectivity index (χ0n) is 15.3. The van der Waals surface area contributed by atoms with Gasteiger partial charge in [0, 0.05) is 19.3 Å². The van der Waals surface area contributed by atoms with Gasteiger partial charge in [-0.05, 0) is 24.1 Å². The smallest absolute Gasteiger partial charge is 0.278 e. The van der Waals surface area contributed by atoms with Crippen LogP contribution in [0.1, 0.15) is 31.7 Å². The van der Waals surface area contributed by atoms with E-state index in [4.69, 9.17) is 0 Å². The normalized spacial score (nSPS) is 14.3. The molecule has 2 amide bonds. The zero-order chi connectivity index (χ0) is 18.5. The van der Waals surface area contributed by atoms with E-state index < -0.39 is 0 Å². The van der Waals surface area contributed by atoms with Crippen molar-refractivity contribution in [1.82, 2.24) is 4.90 Å². The summed E-state index contributed by atoms with van der Waals surface area (Å²) in [5.74, 6) is -0.411. The molecule has 0 aliphatic carbocycles. The van der Waals surface area contributed by atoms with Crippen molar-refractivity contribution in [2.24, 2.45) is 0 Å². The lowest BCUT2D eigenvalue weighted by Crippen LogP contribution is -2.35. The summed E-state index contributed by atoms with van der Waals surface area (Å²) in [7, 11) is 1.84. The second-order valence-electron chi connectivity index (χ2n) is 6.45. The number of nitrogens with zero attached hydrogens (tertiary/aromatic N) is 2. The van der Waals surface area contributed by atoms with Crippen LogP contribution in [-0.2, 0) is 9.59 Å². The van der Waals surface area contributed by atoms with Gasteiger partial charge in [-0.25, -0.2) is 0 Å².